The number of anilines is 1. The van der Waals surface area contributed by atoms with Crippen LogP contribution in [-0.2, 0) is 4.79 Å². The van der Waals surface area contributed by atoms with E-state index < -0.39 is 0 Å². The summed E-state index contributed by atoms with van der Waals surface area (Å²) in [5.41, 5.74) is 3.34. The van der Waals surface area contributed by atoms with Crippen LogP contribution in [0.3, 0.4) is 0 Å². The number of benzene rings is 2. The van der Waals surface area contributed by atoms with E-state index in [2.05, 4.69) is 5.10 Å². The van der Waals surface area contributed by atoms with Crippen molar-refractivity contribution in [3.63, 3.8) is 0 Å². The predicted molar refractivity (Wildman–Crippen MR) is 102 cm³/mol. The van der Waals surface area contributed by atoms with Crippen molar-refractivity contribution in [2.24, 2.45) is 5.10 Å². The Labute approximate surface area is 147 Å². The SMILES string of the molecule is CC(C)=CCOc1ccccc1C=C1C=NN(c2ccccc2)C1=O. The van der Waals surface area contributed by atoms with Crippen molar-refractivity contribution in [2.45, 2.75) is 13.8 Å². The van der Waals surface area contributed by atoms with E-state index in [0.29, 0.717) is 12.2 Å². The third kappa shape index (κ3) is 4.04. The fourth-order valence-electron chi connectivity index (χ4n) is 2.40. The zero-order valence-electron chi connectivity index (χ0n) is 14.3. The summed E-state index contributed by atoms with van der Waals surface area (Å²) in [6, 6.07) is 17.0. The molecule has 0 atom stereocenters. The minimum Gasteiger partial charge on any atom is -0.489 e. The summed E-state index contributed by atoms with van der Waals surface area (Å²) in [5, 5.41) is 5.62. The number of carbonyl (C=O) groups excluding carboxylic acids is 1. The van der Waals surface area contributed by atoms with E-state index in [0.717, 1.165) is 17.0 Å². The van der Waals surface area contributed by atoms with Crippen molar-refractivity contribution >= 4 is 23.9 Å². The molecular formula is C21H20N2O2. The molecule has 0 N–H and O–H groups in total. The van der Waals surface area contributed by atoms with E-state index >= 15 is 0 Å². The summed E-state index contributed by atoms with van der Waals surface area (Å²) in [6.45, 7) is 4.56. The van der Waals surface area contributed by atoms with Gasteiger partial charge in [-0.05, 0) is 44.2 Å². The first kappa shape index (κ1) is 16.7. The number of hydrazone groups is 1. The average molecular weight is 332 g/mol. The third-order valence-electron chi connectivity index (χ3n) is 3.71. The molecule has 2 aromatic carbocycles. The number of hydrogen-bond donors (Lipinski definition) is 0. The molecule has 0 spiro atoms. The van der Waals surface area contributed by atoms with E-state index in [1.807, 2.05) is 80.6 Å². The average Bonchev–Trinajstić information content (AvgIpc) is 2.97. The van der Waals surface area contributed by atoms with Gasteiger partial charge in [-0.3, -0.25) is 4.79 Å². The van der Waals surface area contributed by atoms with Crippen LogP contribution in [-0.4, -0.2) is 18.7 Å². The lowest BCUT2D eigenvalue weighted by molar-refractivity contribution is -0.114. The number of nitrogens with zero attached hydrogens (tertiary/aromatic N) is 2. The lowest BCUT2D eigenvalue weighted by Crippen LogP contribution is -2.20. The Bertz CT molecular complexity index is 847. The van der Waals surface area contributed by atoms with Crippen LogP contribution < -0.4 is 9.75 Å². The maximum atomic E-state index is 12.6. The summed E-state index contributed by atoms with van der Waals surface area (Å²) < 4.78 is 5.81. The summed E-state index contributed by atoms with van der Waals surface area (Å²) in [5.74, 6) is 0.595. The fraction of sp³-hybridized carbons (Fsp3) is 0.143. The number of ether oxygens (including phenoxy) is 1. The first-order valence-electron chi connectivity index (χ1n) is 8.15. The third-order valence-corrected chi connectivity index (χ3v) is 3.71. The Balaban J connectivity index is 1.81. The van der Waals surface area contributed by atoms with Gasteiger partial charge in [0.05, 0.1) is 17.5 Å². The molecule has 25 heavy (non-hydrogen) atoms. The van der Waals surface area contributed by atoms with Crippen LogP contribution >= 0.6 is 0 Å². The van der Waals surface area contributed by atoms with Gasteiger partial charge < -0.3 is 4.74 Å². The Morgan fingerprint density at radius 1 is 1.08 bits per heavy atom. The Morgan fingerprint density at radius 3 is 2.56 bits per heavy atom. The first-order chi connectivity index (χ1) is 12.1. The lowest BCUT2D eigenvalue weighted by Gasteiger charge is -2.11. The van der Waals surface area contributed by atoms with E-state index in [1.54, 1.807) is 6.21 Å². The normalized spacial score (nSPS) is 14.9. The van der Waals surface area contributed by atoms with Crippen LogP contribution in [0, 0.1) is 0 Å². The van der Waals surface area contributed by atoms with Gasteiger partial charge in [-0.25, -0.2) is 0 Å². The molecule has 126 valence electrons. The molecule has 0 fully saturated rings. The smallest absolute Gasteiger partial charge is 0.280 e. The number of hydrogen-bond acceptors (Lipinski definition) is 3. The van der Waals surface area contributed by atoms with Gasteiger partial charge in [0, 0.05) is 5.56 Å². The van der Waals surface area contributed by atoms with Crippen LogP contribution in [0.4, 0.5) is 5.69 Å². The molecule has 0 aliphatic carbocycles. The molecule has 0 radical (unpaired) electrons. The summed E-state index contributed by atoms with van der Waals surface area (Å²) in [4.78, 5) is 12.6. The van der Waals surface area contributed by atoms with Crippen LogP contribution in [0.1, 0.15) is 19.4 Å². The van der Waals surface area contributed by atoms with Gasteiger partial charge in [0.2, 0.25) is 0 Å². The van der Waals surface area contributed by atoms with Gasteiger partial charge in [-0.15, -0.1) is 0 Å². The van der Waals surface area contributed by atoms with Crippen LogP contribution in [0.2, 0.25) is 0 Å². The number of carbonyl (C=O) groups is 1. The highest BCUT2D eigenvalue weighted by Crippen LogP contribution is 2.25. The second-order valence-electron chi connectivity index (χ2n) is 5.93. The minimum absolute atomic E-state index is 0.148. The van der Waals surface area contributed by atoms with Gasteiger partial charge in [0.25, 0.3) is 5.91 Å². The molecule has 0 saturated carbocycles. The largest absolute Gasteiger partial charge is 0.489 e. The maximum absolute atomic E-state index is 12.6. The van der Waals surface area contributed by atoms with Gasteiger partial charge in [-0.2, -0.15) is 10.1 Å². The van der Waals surface area contributed by atoms with Crippen molar-refractivity contribution in [2.75, 3.05) is 11.6 Å². The number of para-hydroxylation sites is 2. The zero-order valence-corrected chi connectivity index (χ0v) is 14.3. The van der Waals surface area contributed by atoms with Crippen molar-refractivity contribution in [3.05, 3.63) is 77.4 Å². The second kappa shape index (κ2) is 7.62. The van der Waals surface area contributed by atoms with Crippen LogP contribution in [0.15, 0.2) is 76.9 Å². The fourth-order valence-corrected chi connectivity index (χ4v) is 2.40. The molecule has 0 saturated heterocycles. The summed E-state index contributed by atoms with van der Waals surface area (Å²) >= 11 is 0. The Morgan fingerprint density at radius 2 is 1.80 bits per heavy atom. The van der Waals surface area contributed by atoms with Gasteiger partial charge in [-0.1, -0.05) is 42.0 Å². The van der Waals surface area contributed by atoms with E-state index in [1.165, 1.54) is 10.6 Å². The molecule has 1 aliphatic rings. The molecule has 2 aromatic rings. The molecule has 1 heterocycles. The molecule has 4 nitrogen and oxygen atoms in total. The molecule has 4 heteroatoms. The van der Waals surface area contributed by atoms with Crippen molar-refractivity contribution in [3.8, 4) is 5.75 Å². The summed E-state index contributed by atoms with van der Waals surface area (Å²) in [7, 11) is 0. The molecule has 0 aromatic heterocycles. The van der Waals surface area contributed by atoms with Gasteiger partial charge >= 0.3 is 0 Å². The van der Waals surface area contributed by atoms with Gasteiger partial charge in [0.1, 0.15) is 12.4 Å². The maximum Gasteiger partial charge on any atom is 0.280 e. The highest BCUT2D eigenvalue weighted by molar-refractivity contribution is 6.25. The number of allylic oxidation sites excluding steroid dienone is 1. The van der Waals surface area contributed by atoms with Gasteiger partial charge in [0.15, 0.2) is 0 Å². The molecule has 0 unspecified atom stereocenters. The molecule has 3 rings (SSSR count). The predicted octanol–water partition coefficient (Wildman–Crippen LogP) is 4.45. The van der Waals surface area contributed by atoms with Crippen molar-refractivity contribution < 1.29 is 9.53 Å². The van der Waals surface area contributed by atoms with Crippen molar-refractivity contribution in [1.82, 2.24) is 0 Å². The minimum atomic E-state index is -0.148. The van der Waals surface area contributed by atoms with E-state index in [4.69, 9.17) is 4.74 Å². The molecule has 1 aliphatic heterocycles. The quantitative estimate of drug-likeness (QED) is 0.600. The first-order valence-corrected chi connectivity index (χ1v) is 8.15. The highest BCUT2D eigenvalue weighted by atomic mass is 16.5. The Kier molecular flexibility index (Phi) is 5.09. The topological polar surface area (TPSA) is 41.9 Å². The monoisotopic (exact) mass is 332 g/mol. The standard InChI is InChI=1S/C21H20N2O2/c1-16(2)12-13-25-20-11-7-6-8-17(20)14-18-15-22-23(21(18)24)19-9-4-3-5-10-19/h3-12,14-15H,13H2,1-2H3. The number of rotatable bonds is 5. The van der Waals surface area contributed by atoms with E-state index in [9.17, 15) is 4.79 Å². The summed E-state index contributed by atoms with van der Waals surface area (Å²) in [6.07, 6.45) is 5.41. The highest BCUT2D eigenvalue weighted by Gasteiger charge is 2.24. The van der Waals surface area contributed by atoms with Crippen molar-refractivity contribution in [1.29, 1.82) is 0 Å². The molecule has 1 amide bonds. The molecule has 0 bridgehead atoms. The Hall–Kier alpha value is -3.14. The van der Waals surface area contributed by atoms with Crippen LogP contribution in [0.5, 0.6) is 5.75 Å². The zero-order chi connectivity index (χ0) is 17.6. The number of amides is 1. The molecular weight excluding hydrogens is 312 g/mol. The van der Waals surface area contributed by atoms with Crippen LogP contribution in [0.25, 0.3) is 6.08 Å². The van der Waals surface area contributed by atoms with E-state index in [-0.39, 0.29) is 5.91 Å². The second-order valence-corrected chi connectivity index (χ2v) is 5.93. The lowest BCUT2D eigenvalue weighted by atomic mass is 10.1.